The van der Waals surface area contributed by atoms with Gasteiger partial charge in [0, 0.05) is 4.88 Å². The lowest BCUT2D eigenvalue weighted by molar-refractivity contribution is -0.138. The number of rotatable bonds is 4. The smallest absolute Gasteiger partial charge is 0.328 e. The average Bonchev–Trinajstić information content (AvgIpc) is 2.89. The Morgan fingerprint density at radius 1 is 1.46 bits per heavy atom. The average molecular weight is 349 g/mol. The second-order valence-corrected chi connectivity index (χ2v) is 8.51. The van der Waals surface area contributed by atoms with Gasteiger partial charge in [-0.2, -0.15) is 0 Å². The summed E-state index contributed by atoms with van der Waals surface area (Å²) in [6.07, 6.45) is 4.54. The van der Waals surface area contributed by atoms with Gasteiger partial charge in [-0.1, -0.05) is 20.8 Å². The van der Waals surface area contributed by atoms with E-state index in [1.54, 1.807) is 11.3 Å². The van der Waals surface area contributed by atoms with Crippen LogP contribution in [0.15, 0.2) is 6.33 Å². The first-order valence-electron chi connectivity index (χ1n) is 8.16. The number of nitrogens with zero attached hydrogens (tertiary/aromatic N) is 2. The topological polar surface area (TPSA) is 95.3 Å². The first-order valence-corrected chi connectivity index (χ1v) is 8.98. The van der Waals surface area contributed by atoms with Crippen molar-refractivity contribution in [3.05, 3.63) is 16.8 Å². The summed E-state index contributed by atoms with van der Waals surface area (Å²) in [7, 11) is 0. The minimum Gasteiger partial charge on any atom is -0.480 e. The van der Waals surface area contributed by atoms with Crippen molar-refractivity contribution in [1.82, 2.24) is 9.97 Å². The third-order valence-corrected chi connectivity index (χ3v) is 6.02. The molecule has 0 fully saturated rings. The van der Waals surface area contributed by atoms with Gasteiger partial charge in [-0.25, -0.2) is 14.8 Å². The maximum absolute atomic E-state index is 11.2. The van der Waals surface area contributed by atoms with Gasteiger partial charge in [-0.05, 0) is 36.2 Å². The summed E-state index contributed by atoms with van der Waals surface area (Å²) in [5.41, 5.74) is 1.51. The summed E-state index contributed by atoms with van der Waals surface area (Å²) in [5.74, 6) is 0.0426. The molecule has 0 radical (unpaired) electrons. The predicted molar refractivity (Wildman–Crippen MR) is 94.5 cm³/mol. The molecule has 0 saturated heterocycles. The molecule has 130 valence electrons. The van der Waals surface area contributed by atoms with Gasteiger partial charge in [0.05, 0.1) is 12.0 Å². The van der Waals surface area contributed by atoms with Crippen LogP contribution < -0.4 is 5.32 Å². The summed E-state index contributed by atoms with van der Waals surface area (Å²) in [5, 5.41) is 22.2. The number of aliphatic carboxylic acids is 1. The fraction of sp³-hybridized carbons (Fsp3) is 0.588. The van der Waals surface area contributed by atoms with Crippen molar-refractivity contribution in [3.8, 4) is 0 Å². The molecule has 0 amide bonds. The molecule has 2 aromatic rings. The molecule has 2 aromatic heterocycles. The van der Waals surface area contributed by atoms with Gasteiger partial charge < -0.3 is 15.5 Å². The van der Waals surface area contributed by atoms with E-state index in [4.69, 9.17) is 5.11 Å². The Balaban J connectivity index is 2.00. The highest BCUT2D eigenvalue weighted by molar-refractivity contribution is 7.19. The summed E-state index contributed by atoms with van der Waals surface area (Å²) in [6.45, 7) is 6.35. The summed E-state index contributed by atoms with van der Waals surface area (Å²) in [4.78, 5) is 22.0. The van der Waals surface area contributed by atoms with Crippen LogP contribution in [0.25, 0.3) is 10.2 Å². The van der Waals surface area contributed by atoms with Crippen LogP contribution in [0.4, 0.5) is 5.82 Å². The molecular formula is C17H23N3O3S. The summed E-state index contributed by atoms with van der Waals surface area (Å²) in [6, 6.07) is -1.07. The zero-order valence-electron chi connectivity index (χ0n) is 14.2. The SMILES string of the molecule is CC(C)(C)C1CCc2c(sc3ncnc(NC(CO)C(=O)O)c23)C1. The van der Waals surface area contributed by atoms with Crippen molar-refractivity contribution < 1.29 is 15.0 Å². The maximum atomic E-state index is 11.2. The first-order chi connectivity index (χ1) is 11.3. The molecule has 0 bridgehead atoms. The van der Waals surface area contributed by atoms with Gasteiger partial charge in [0.25, 0.3) is 0 Å². The largest absolute Gasteiger partial charge is 0.480 e. The standard InChI is InChI=1S/C17H23N3O3S/c1-17(2,3)9-4-5-10-12(6-9)24-15-13(10)14(18-8-19-15)20-11(7-21)16(22)23/h8-9,11,21H,4-7H2,1-3H3,(H,22,23)(H,18,19,20). The molecule has 6 nitrogen and oxygen atoms in total. The van der Waals surface area contributed by atoms with Crippen molar-refractivity contribution in [1.29, 1.82) is 0 Å². The van der Waals surface area contributed by atoms with Crippen molar-refractivity contribution in [2.24, 2.45) is 11.3 Å². The summed E-state index contributed by atoms with van der Waals surface area (Å²) < 4.78 is 0. The number of aliphatic hydroxyl groups excluding tert-OH is 1. The Labute approximate surface area is 145 Å². The Bertz CT molecular complexity index is 766. The lowest BCUT2D eigenvalue weighted by atomic mass is 9.72. The Morgan fingerprint density at radius 3 is 2.83 bits per heavy atom. The zero-order valence-corrected chi connectivity index (χ0v) is 15.0. The number of carbonyl (C=O) groups is 1. The van der Waals surface area contributed by atoms with E-state index in [1.165, 1.54) is 16.8 Å². The van der Waals surface area contributed by atoms with E-state index in [9.17, 15) is 9.90 Å². The minimum atomic E-state index is -1.10. The number of nitrogens with one attached hydrogen (secondary N) is 1. The number of carboxylic acid groups (broad SMARTS) is 1. The molecule has 2 atom stereocenters. The van der Waals surface area contributed by atoms with Gasteiger partial charge in [0.1, 0.15) is 23.0 Å². The Hall–Kier alpha value is -1.73. The number of aliphatic hydroxyl groups is 1. The van der Waals surface area contributed by atoms with E-state index in [2.05, 4.69) is 36.1 Å². The van der Waals surface area contributed by atoms with Crippen molar-refractivity contribution in [3.63, 3.8) is 0 Å². The lowest BCUT2D eigenvalue weighted by Crippen LogP contribution is -2.33. The zero-order chi connectivity index (χ0) is 17.5. The highest BCUT2D eigenvalue weighted by Crippen LogP contribution is 2.44. The van der Waals surface area contributed by atoms with E-state index in [-0.39, 0.29) is 5.41 Å². The van der Waals surface area contributed by atoms with Crippen molar-refractivity contribution in [2.75, 3.05) is 11.9 Å². The van der Waals surface area contributed by atoms with Gasteiger partial charge in [-0.3, -0.25) is 0 Å². The van der Waals surface area contributed by atoms with Crippen LogP contribution in [-0.2, 0) is 17.6 Å². The molecule has 3 N–H and O–H groups in total. The Morgan fingerprint density at radius 2 is 2.21 bits per heavy atom. The predicted octanol–water partition coefficient (Wildman–Crippen LogP) is 2.70. The quantitative estimate of drug-likeness (QED) is 0.785. The Kier molecular flexibility index (Phi) is 4.48. The second kappa shape index (κ2) is 6.29. The van der Waals surface area contributed by atoms with Crippen molar-refractivity contribution in [2.45, 2.75) is 46.1 Å². The monoisotopic (exact) mass is 349 g/mol. The van der Waals surface area contributed by atoms with E-state index in [1.807, 2.05) is 0 Å². The van der Waals surface area contributed by atoms with Gasteiger partial charge in [0.15, 0.2) is 0 Å². The van der Waals surface area contributed by atoms with Crippen molar-refractivity contribution >= 4 is 33.3 Å². The third kappa shape index (κ3) is 3.10. The molecule has 7 heteroatoms. The molecule has 0 spiro atoms. The fourth-order valence-electron chi connectivity index (χ4n) is 3.31. The fourth-order valence-corrected chi connectivity index (χ4v) is 4.58. The van der Waals surface area contributed by atoms with E-state index in [0.717, 1.165) is 29.5 Å². The molecule has 0 aromatic carbocycles. The molecule has 3 rings (SSSR count). The maximum Gasteiger partial charge on any atom is 0.328 e. The van der Waals surface area contributed by atoms with E-state index >= 15 is 0 Å². The highest BCUT2D eigenvalue weighted by Gasteiger charge is 2.32. The number of aryl methyl sites for hydroxylation is 1. The summed E-state index contributed by atoms with van der Waals surface area (Å²) >= 11 is 1.68. The van der Waals surface area contributed by atoms with Crippen LogP contribution in [0, 0.1) is 11.3 Å². The molecule has 2 heterocycles. The van der Waals surface area contributed by atoms with Crippen LogP contribution >= 0.6 is 11.3 Å². The first kappa shape index (κ1) is 17.1. The van der Waals surface area contributed by atoms with Crippen LogP contribution in [0.3, 0.4) is 0 Å². The minimum absolute atomic E-state index is 0.270. The van der Waals surface area contributed by atoms with Gasteiger partial charge >= 0.3 is 5.97 Å². The van der Waals surface area contributed by atoms with Crippen LogP contribution in [0.1, 0.15) is 37.6 Å². The second-order valence-electron chi connectivity index (χ2n) is 7.43. The number of carboxylic acids is 1. The molecule has 1 aliphatic rings. The van der Waals surface area contributed by atoms with E-state index in [0.29, 0.717) is 11.7 Å². The highest BCUT2D eigenvalue weighted by atomic mass is 32.1. The number of hydrogen-bond acceptors (Lipinski definition) is 6. The molecule has 2 unspecified atom stereocenters. The molecule has 0 saturated carbocycles. The van der Waals surface area contributed by atoms with Gasteiger partial charge in [-0.15, -0.1) is 11.3 Å². The third-order valence-electron chi connectivity index (χ3n) is 4.86. The molecular weight excluding hydrogens is 326 g/mol. The number of anilines is 1. The number of fused-ring (bicyclic) bond motifs is 3. The van der Waals surface area contributed by atoms with Crippen LogP contribution in [0.2, 0.25) is 0 Å². The molecule has 0 aliphatic heterocycles. The lowest BCUT2D eigenvalue weighted by Gasteiger charge is -2.33. The van der Waals surface area contributed by atoms with Gasteiger partial charge in [0.2, 0.25) is 0 Å². The number of thiophene rings is 1. The van der Waals surface area contributed by atoms with Crippen LogP contribution in [0.5, 0.6) is 0 Å². The molecule has 1 aliphatic carbocycles. The molecule has 24 heavy (non-hydrogen) atoms. The number of aromatic nitrogens is 2. The van der Waals surface area contributed by atoms with Crippen LogP contribution in [-0.4, -0.2) is 38.8 Å². The number of hydrogen-bond donors (Lipinski definition) is 3. The normalized spacial score (nSPS) is 19.1. The van der Waals surface area contributed by atoms with E-state index < -0.39 is 18.6 Å².